The van der Waals surface area contributed by atoms with Gasteiger partial charge in [-0.1, -0.05) is 42.2 Å². The predicted molar refractivity (Wildman–Crippen MR) is 111 cm³/mol. The van der Waals surface area contributed by atoms with E-state index in [1.165, 1.54) is 0 Å². The summed E-state index contributed by atoms with van der Waals surface area (Å²) >= 11 is 12.4. The highest BCUT2D eigenvalue weighted by Gasteiger charge is 2.27. The van der Waals surface area contributed by atoms with E-state index < -0.39 is 6.04 Å². The lowest BCUT2D eigenvalue weighted by atomic mass is 10.0. The summed E-state index contributed by atoms with van der Waals surface area (Å²) < 4.78 is 5.43. The van der Waals surface area contributed by atoms with E-state index in [0.29, 0.717) is 27.1 Å². The molecule has 1 amide bonds. The van der Waals surface area contributed by atoms with E-state index in [0.717, 1.165) is 11.1 Å². The molecule has 4 rings (SSSR count). The van der Waals surface area contributed by atoms with Gasteiger partial charge < -0.3 is 14.8 Å². The van der Waals surface area contributed by atoms with Crippen LogP contribution in [0.15, 0.2) is 47.2 Å². The number of nitrogens with zero attached hydrogens (tertiary/aromatic N) is 3. The third kappa shape index (κ3) is 3.83. The number of amides is 1. The normalized spacial score (nSPS) is 12.4. The minimum atomic E-state index is -0.489. The standard InChI is InChI=1S/C20H17Cl2N5O2/c1-10(2)16(20-26-18(27-29-20)11-5-7-23-8-6-11)25-19(28)17-15(22)13-9-12(21)3-4-14(13)24-17/h3-10,16,24H,1-2H3,(H,25,28). The van der Waals surface area contributed by atoms with E-state index in [-0.39, 0.29) is 17.5 Å². The summed E-state index contributed by atoms with van der Waals surface area (Å²) in [7, 11) is 0. The lowest BCUT2D eigenvalue weighted by Gasteiger charge is -2.18. The number of aromatic amines is 1. The SMILES string of the molecule is CC(C)C(NC(=O)c1[nH]c2ccc(Cl)cc2c1Cl)c1nc(-c2ccncc2)no1. The molecule has 0 fully saturated rings. The Bertz CT molecular complexity index is 1170. The molecule has 7 nitrogen and oxygen atoms in total. The van der Waals surface area contributed by atoms with Crippen LogP contribution < -0.4 is 5.32 Å². The number of fused-ring (bicyclic) bond motifs is 1. The number of carbonyl (C=O) groups excluding carboxylic acids is 1. The molecule has 0 saturated carbocycles. The summed E-state index contributed by atoms with van der Waals surface area (Å²) in [5, 5.41) is 8.49. The van der Waals surface area contributed by atoms with E-state index in [1.807, 2.05) is 13.8 Å². The van der Waals surface area contributed by atoms with Crippen LogP contribution in [0.2, 0.25) is 10.0 Å². The molecule has 0 spiro atoms. The second kappa shape index (κ2) is 7.85. The van der Waals surface area contributed by atoms with Gasteiger partial charge in [0.1, 0.15) is 11.7 Å². The Balaban J connectivity index is 1.62. The van der Waals surface area contributed by atoms with Gasteiger partial charge in [-0.2, -0.15) is 4.98 Å². The van der Waals surface area contributed by atoms with Crippen molar-refractivity contribution >= 4 is 40.0 Å². The highest BCUT2D eigenvalue weighted by molar-refractivity contribution is 6.39. The highest BCUT2D eigenvalue weighted by Crippen LogP contribution is 2.31. The maximum Gasteiger partial charge on any atom is 0.269 e. The van der Waals surface area contributed by atoms with Gasteiger partial charge in [0, 0.05) is 33.9 Å². The Morgan fingerprint density at radius 2 is 1.93 bits per heavy atom. The van der Waals surface area contributed by atoms with Crippen LogP contribution in [0.4, 0.5) is 0 Å². The van der Waals surface area contributed by atoms with Crippen LogP contribution in [0, 0.1) is 5.92 Å². The van der Waals surface area contributed by atoms with Crippen molar-refractivity contribution in [1.29, 1.82) is 0 Å². The lowest BCUT2D eigenvalue weighted by molar-refractivity contribution is 0.0910. The minimum Gasteiger partial charge on any atom is -0.349 e. The number of carbonyl (C=O) groups is 1. The molecular weight excluding hydrogens is 413 g/mol. The van der Waals surface area contributed by atoms with Gasteiger partial charge in [0.25, 0.3) is 5.91 Å². The Labute approximate surface area is 176 Å². The van der Waals surface area contributed by atoms with Gasteiger partial charge in [0.05, 0.1) is 5.02 Å². The second-order valence-electron chi connectivity index (χ2n) is 6.89. The average molecular weight is 430 g/mol. The lowest BCUT2D eigenvalue weighted by Crippen LogP contribution is -2.32. The third-order valence-corrected chi connectivity index (χ3v) is 5.15. The summed E-state index contributed by atoms with van der Waals surface area (Å²) in [6.07, 6.45) is 3.30. The molecule has 148 valence electrons. The number of hydrogen-bond donors (Lipinski definition) is 2. The van der Waals surface area contributed by atoms with Crippen molar-refractivity contribution in [2.75, 3.05) is 0 Å². The third-order valence-electron chi connectivity index (χ3n) is 4.52. The molecule has 4 aromatic rings. The molecule has 0 saturated heterocycles. The molecule has 1 atom stereocenters. The zero-order valence-electron chi connectivity index (χ0n) is 15.6. The number of H-pyrrole nitrogens is 1. The molecule has 1 unspecified atom stereocenters. The van der Waals surface area contributed by atoms with Gasteiger partial charge in [-0.3, -0.25) is 9.78 Å². The van der Waals surface area contributed by atoms with E-state index in [2.05, 4.69) is 25.4 Å². The van der Waals surface area contributed by atoms with Gasteiger partial charge in [-0.25, -0.2) is 0 Å². The zero-order valence-corrected chi connectivity index (χ0v) is 17.1. The van der Waals surface area contributed by atoms with Crippen LogP contribution in [-0.4, -0.2) is 26.0 Å². The first-order chi connectivity index (χ1) is 13.9. The number of nitrogens with one attached hydrogen (secondary N) is 2. The number of halogens is 2. The van der Waals surface area contributed by atoms with E-state index >= 15 is 0 Å². The molecule has 0 aliphatic carbocycles. The van der Waals surface area contributed by atoms with Crippen LogP contribution in [0.3, 0.4) is 0 Å². The Morgan fingerprint density at radius 3 is 2.66 bits per heavy atom. The topological polar surface area (TPSA) is 96.7 Å². The van der Waals surface area contributed by atoms with Gasteiger partial charge in [0.15, 0.2) is 0 Å². The van der Waals surface area contributed by atoms with Crippen molar-refractivity contribution in [3.63, 3.8) is 0 Å². The highest BCUT2D eigenvalue weighted by atomic mass is 35.5. The second-order valence-corrected chi connectivity index (χ2v) is 7.71. The molecule has 0 aliphatic heterocycles. The fourth-order valence-electron chi connectivity index (χ4n) is 2.99. The summed E-state index contributed by atoms with van der Waals surface area (Å²) in [6.45, 7) is 3.90. The summed E-state index contributed by atoms with van der Waals surface area (Å²) in [4.78, 5) is 24.4. The number of aromatic nitrogens is 4. The fourth-order valence-corrected chi connectivity index (χ4v) is 3.46. The molecule has 29 heavy (non-hydrogen) atoms. The molecule has 2 N–H and O–H groups in total. The van der Waals surface area contributed by atoms with Crippen molar-refractivity contribution < 1.29 is 9.32 Å². The van der Waals surface area contributed by atoms with Crippen molar-refractivity contribution in [2.24, 2.45) is 5.92 Å². The first kappa shape index (κ1) is 19.4. The van der Waals surface area contributed by atoms with Crippen LogP contribution in [0.5, 0.6) is 0 Å². The molecule has 0 bridgehead atoms. The minimum absolute atomic E-state index is 0.00212. The summed E-state index contributed by atoms with van der Waals surface area (Å²) in [5.41, 5.74) is 1.76. The quantitative estimate of drug-likeness (QED) is 0.462. The molecule has 9 heteroatoms. The fraction of sp³-hybridized carbons (Fsp3) is 0.200. The number of rotatable bonds is 5. The molecule has 1 aromatic carbocycles. The van der Waals surface area contributed by atoms with Crippen molar-refractivity contribution in [2.45, 2.75) is 19.9 Å². The van der Waals surface area contributed by atoms with Gasteiger partial charge >= 0.3 is 0 Å². The number of hydrogen-bond acceptors (Lipinski definition) is 5. The van der Waals surface area contributed by atoms with E-state index in [1.54, 1.807) is 42.7 Å². The Hall–Kier alpha value is -2.90. The van der Waals surface area contributed by atoms with Gasteiger partial charge in [-0.15, -0.1) is 0 Å². The largest absolute Gasteiger partial charge is 0.349 e. The predicted octanol–water partition coefficient (Wildman–Crippen LogP) is 5.05. The van der Waals surface area contributed by atoms with Gasteiger partial charge in [-0.05, 0) is 36.2 Å². The molecule has 3 heterocycles. The van der Waals surface area contributed by atoms with Crippen LogP contribution in [0.1, 0.15) is 36.3 Å². The molecule has 3 aromatic heterocycles. The van der Waals surface area contributed by atoms with Crippen LogP contribution >= 0.6 is 23.2 Å². The Morgan fingerprint density at radius 1 is 1.17 bits per heavy atom. The van der Waals surface area contributed by atoms with Crippen molar-refractivity contribution in [3.05, 3.63) is 64.4 Å². The van der Waals surface area contributed by atoms with Crippen LogP contribution in [0.25, 0.3) is 22.3 Å². The number of benzene rings is 1. The van der Waals surface area contributed by atoms with Crippen LogP contribution in [-0.2, 0) is 0 Å². The van der Waals surface area contributed by atoms with Crippen molar-refractivity contribution in [1.82, 2.24) is 25.4 Å². The number of pyridine rings is 1. The molecule has 0 aliphatic rings. The Kier molecular flexibility index (Phi) is 5.25. The summed E-state index contributed by atoms with van der Waals surface area (Å²) in [6, 6.07) is 8.30. The van der Waals surface area contributed by atoms with E-state index in [9.17, 15) is 4.79 Å². The monoisotopic (exact) mass is 429 g/mol. The zero-order chi connectivity index (χ0) is 20.5. The first-order valence-corrected chi connectivity index (χ1v) is 9.71. The maximum atomic E-state index is 12.9. The van der Waals surface area contributed by atoms with E-state index in [4.69, 9.17) is 27.7 Å². The van der Waals surface area contributed by atoms with Crippen molar-refractivity contribution in [3.8, 4) is 11.4 Å². The van der Waals surface area contributed by atoms with Gasteiger partial charge in [0.2, 0.25) is 11.7 Å². The average Bonchev–Trinajstić information content (AvgIpc) is 3.32. The first-order valence-electron chi connectivity index (χ1n) is 8.95. The smallest absolute Gasteiger partial charge is 0.269 e. The molecule has 0 radical (unpaired) electrons. The maximum absolute atomic E-state index is 12.9. The molecular formula is C20H17Cl2N5O2. The summed E-state index contributed by atoms with van der Waals surface area (Å²) in [5.74, 6) is 0.378.